The molecular weight excluding hydrogens is 398 g/mol. The highest BCUT2D eigenvalue weighted by Crippen LogP contribution is 2.33. The summed E-state index contributed by atoms with van der Waals surface area (Å²) < 4.78 is 9.86. The summed E-state index contributed by atoms with van der Waals surface area (Å²) in [5, 5.41) is 12.1. The number of aryl methyl sites for hydroxylation is 1. The van der Waals surface area contributed by atoms with Gasteiger partial charge < -0.3 is 9.73 Å². The summed E-state index contributed by atoms with van der Waals surface area (Å²) >= 11 is 7.69. The zero-order valence-corrected chi connectivity index (χ0v) is 16.0. The van der Waals surface area contributed by atoms with Crippen LogP contribution in [0, 0.1) is 6.92 Å². The van der Waals surface area contributed by atoms with Crippen molar-refractivity contribution in [3.8, 4) is 22.8 Å². The lowest BCUT2D eigenvalue weighted by atomic mass is 10.2. The Hall–Kier alpha value is -3.30. The Kier molecular flexibility index (Phi) is 4.03. The fourth-order valence-corrected chi connectivity index (χ4v) is 3.61. The number of nitrogens with zero attached hydrogens (tertiary/aromatic N) is 5. The standard InChI is InChI=1S/C18H12ClN7OS/c1-9-8-27-17(22-9)11-4-10(5-20-6-11)16-24-18(28-26-16)23-14-3-2-13-12(15(14)19)7-21-25-13/h2-8H,1H3,(H,21,25)(H,23,24,26). The molecule has 2 N–H and O–H groups in total. The molecule has 0 aliphatic rings. The number of oxazole rings is 1. The number of anilines is 2. The van der Waals surface area contributed by atoms with Gasteiger partial charge in [0.05, 0.1) is 33.7 Å². The number of aromatic nitrogens is 6. The summed E-state index contributed by atoms with van der Waals surface area (Å²) in [5.41, 5.74) is 3.96. The van der Waals surface area contributed by atoms with E-state index in [2.05, 4.69) is 34.8 Å². The number of rotatable bonds is 4. The Bertz CT molecular complexity index is 1290. The minimum atomic E-state index is 0.514. The van der Waals surface area contributed by atoms with Crippen molar-refractivity contribution in [2.45, 2.75) is 6.92 Å². The molecule has 0 aliphatic heterocycles. The predicted molar refractivity (Wildman–Crippen MR) is 108 cm³/mol. The van der Waals surface area contributed by atoms with E-state index in [1.54, 1.807) is 24.9 Å². The quantitative estimate of drug-likeness (QED) is 0.437. The van der Waals surface area contributed by atoms with Gasteiger partial charge in [0.1, 0.15) is 6.26 Å². The van der Waals surface area contributed by atoms with E-state index >= 15 is 0 Å². The minimum absolute atomic E-state index is 0.514. The maximum absolute atomic E-state index is 6.45. The lowest BCUT2D eigenvalue weighted by molar-refractivity contribution is 0.573. The maximum atomic E-state index is 6.45. The zero-order valence-electron chi connectivity index (χ0n) is 14.5. The number of hydrogen-bond acceptors (Lipinski definition) is 8. The number of H-pyrrole nitrogens is 1. The second-order valence-corrected chi connectivity index (χ2v) is 7.19. The second kappa shape index (κ2) is 6.70. The summed E-state index contributed by atoms with van der Waals surface area (Å²) in [6, 6.07) is 5.68. The number of benzene rings is 1. The van der Waals surface area contributed by atoms with Crippen LogP contribution in [0.15, 0.2) is 47.5 Å². The van der Waals surface area contributed by atoms with Crippen molar-refractivity contribution in [3.63, 3.8) is 0 Å². The molecule has 0 fully saturated rings. The van der Waals surface area contributed by atoms with Gasteiger partial charge in [-0.25, -0.2) is 4.98 Å². The molecule has 5 aromatic rings. The Morgan fingerprint density at radius 2 is 2.04 bits per heavy atom. The van der Waals surface area contributed by atoms with E-state index in [9.17, 15) is 0 Å². The Balaban J connectivity index is 1.44. The van der Waals surface area contributed by atoms with Gasteiger partial charge in [0, 0.05) is 34.9 Å². The van der Waals surface area contributed by atoms with Crippen LogP contribution in [0.1, 0.15) is 5.69 Å². The molecule has 4 aromatic heterocycles. The molecule has 10 heteroatoms. The Morgan fingerprint density at radius 1 is 1.14 bits per heavy atom. The summed E-state index contributed by atoms with van der Waals surface area (Å²) in [6.45, 7) is 1.87. The van der Waals surface area contributed by atoms with E-state index in [4.69, 9.17) is 16.0 Å². The third-order valence-electron chi connectivity index (χ3n) is 4.09. The fraction of sp³-hybridized carbons (Fsp3) is 0.0556. The highest BCUT2D eigenvalue weighted by molar-refractivity contribution is 7.10. The van der Waals surface area contributed by atoms with Crippen LogP contribution < -0.4 is 5.32 Å². The number of pyridine rings is 1. The van der Waals surface area contributed by atoms with Crippen LogP contribution in [-0.2, 0) is 0 Å². The van der Waals surface area contributed by atoms with Gasteiger partial charge in [0.25, 0.3) is 0 Å². The highest BCUT2D eigenvalue weighted by atomic mass is 35.5. The molecule has 0 spiro atoms. The van der Waals surface area contributed by atoms with Gasteiger partial charge in [0.15, 0.2) is 5.82 Å². The van der Waals surface area contributed by atoms with E-state index in [-0.39, 0.29) is 0 Å². The number of nitrogens with one attached hydrogen (secondary N) is 2. The summed E-state index contributed by atoms with van der Waals surface area (Å²) in [4.78, 5) is 13.1. The van der Waals surface area contributed by atoms with Gasteiger partial charge in [-0.05, 0) is 25.1 Å². The highest BCUT2D eigenvalue weighted by Gasteiger charge is 2.13. The summed E-state index contributed by atoms with van der Waals surface area (Å²) in [7, 11) is 0. The number of halogens is 1. The molecule has 5 rings (SSSR count). The lowest BCUT2D eigenvalue weighted by Gasteiger charge is -2.05. The van der Waals surface area contributed by atoms with E-state index in [0.717, 1.165) is 33.4 Å². The minimum Gasteiger partial charge on any atom is -0.444 e. The Morgan fingerprint density at radius 3 is 2.89 bits per heavy atom. The monoisotopic (exact) mass is 409 g/mol. The van der Waals surface area contributed by atoms with E-state index in [1.165, 1.54) is 11.5 Å². The Labute approximate surface area is 167 Å². The molecule has 0 saturated heterocycles. The van der Waals surface area contributed by atoms with Gasteiger partial charge in [-0.15, -0.1) is 0 Å². The van der Waals surface area contributed by atoms with Crippen LogP contribution in [-0.4, -0.2) is 29.5 Å². The molecule has 0 atom stereocenters. The van der Waals surface area contributed by atoms with Crippen molar-refractivity contribution in [1.29, 1.82) is 0 Å². The number of fused-ring (bicyclic) bond motifs is 1. The normalized spacial score (nSPS) is 11.2. The third kappa shape index (κ3) is 3.00. The molecule has 4 heterocycles. The van der Waals surface area contributed by atoms with Crippen LogP contribution in [0.2, 0.25) is 5.02 Å². The average Bonchev–Trinajstić information content (AvgIpc) is 3.45. The third-order valence-corrected chi connectivity index (χ3v) is 5.13. The zero-order chi connectivity index (χ0) is 19.1. The molecule has 28 heavy (non-hydrogen) atoms. The van der Waals surface area contributed by atoms with E-state index in [0.29, 0.717) is 21.9 Å². The first kappa shape index (κ1) is 16.8. The molecule has 0 aliphatic carbocycles. The van der Waals surface area contributed by atoms with E-state index < -0.39 is 0 Å². The van der Waals surface area contributed by atoms with Gasteiger partial charge in [-0.1, -0.05) is 11.6 Å². The molecule has 8 nitrogen and oxygen atoms in total. The van der Waals surface area contributed by atoms with Crippen molar-refractivity contribution in [2.24, 2.45) is 0 Å². The van der Waals surface area contributed by atoms with Crippen LogP contribution in [0.4, 0.5) is 10.8 Å². The van der Waals surface area contributed by atoms with Crippen molar-refractivity contribution < 1.29 is 4.42 Å². The van der Waals surface area contributed by atoms with Crippen molar-refractivity contribution in [2.75, 3.05) is 5.32 Å². The van der Waals surface area contributed by atoms with E-state index in [1.807, 2.05) is 25.1 Å². The molecule has 0 bridgehead atoms. The first-order chi connectivity index (χ1) is 13.7. The van der Waals surface area contributed by atoms with Crippen LogP contribution in [0.25, 0.3) is 33.7 Å². The number of hydrogen-bond donors (Lipinski definition) is 2. The molecule has 138 valence electrons. The average molecular weight is 410 g/mol. The van der Waals surface area contributed by atoms with Gasteiger partial charge in [-0.2, -0.15) is 14.5 Å². The molecular formula is C18H12ClN7OS. The molecule has 0 saturated carbocycles. The topological polar surface area (TPSA) is 105 Å². The van der Waals surface area contributed by atoms with Crippen molar-refractivity contribution in [1.82, 2.24) is 29.5 Å². The SMILES string of the molecule is Cc1coc(-c2cncc(-c3nsc(Nc4ccc5[nH]ncc5c4Cl)n3)c2)n1. The van der Waals surface area contributed by atoms with Gasteiger partial charge in [0.2, 0.25) is 11.0 Å². The fourth-order valence-electron chi connectivity index (χ4n) is 2.75. The van der Waals surface area contributed by atoms with Crippen LogP contribution in [0.5, 0.6) is 0 Å². The van der Waals surface area contributed by atoms with Gasteiger partial charge in [-0.3, -0.25) is 10.1 Å². The molecule has 0 unspecified atom stereocenters. The van der Waals surface area contributed by atoms with Crippen molar-refractivity contribution >= 4 is 44.9 Å². The van der Waals surface area contributed by atoms with Crippen LogP contribution in [0.3, 0.4) is 0 Å². The smallest absolute Gasteiger partial charge is 0.227 e. The van der Waals surface area contributed by atoms with Gasteiger partial charge >= 0.3 is 0 Å². The van der Waals surface area contributed by atoms with Crippen molar-refractivity contribution in [3.05, 3.63) is 53.8 Å². The maximum Gasteiger partial charge on any atom is 0.227 e. The largest absolute Gasteiger partial charge is 0.444 e. The summed E-state index contributed by atoms with van der Waals surface area (Å²) in [5.74, 6) is 1.08. The lowest BCUT2D eigenvalue weighted by Crippen LogP contribution is -1.91. The molecule has 0 radical (unpaired) electrons. The summed E-state index contributed by atoms with van der Waals surface area (Å²) in [6.07, 6.45) is 6.69. The predicted octanol–water partition coefficient (Wildman–Crippen LogP) is 4.84. The van der Waals surface area contributed by atoms with Crippen LogP contribution >= 0.6 is 23.1 Å². The number of aromatic amines is 1. The first-order valence-electron chi connectivity index (χ1n) is 8.27. The molecule has 1 aromatic carbocycles. The second-order valence-electron chi connectivity index (χ2n) is 6.06. The molecule has 0 amide bonds. The first-order valence-corrected chi connectivity index (χ1v) is 9.43.